The van der Waals surface area contributed by atoms with E-state index < -0.39 is 22.5 Å². The van der Waals surface area contributed by atoms with Crippen LogP contribution in [0.15, 0.2) is 65.6 Å². The molecule has 0 fully saturated rings. The molecular weight excluding hydrogens is 480 g/mol. The van der Waals surface area contributed by atoms with Gasteiger partial charge in [0.2, 0.25) is 5.91 Å². The Balaban J connectivity index is 2.01. The van der Waals surface area contributed by atoms with E-state index in [4.69, 9.17) is 25.8 Å². The Labute approximate surface area is 204 Å². The number of carbonyl (C=O) groups excluding carboxylic acids is 1. The number of rotatable bonds is 9. The molecule has 3 aromatic rings. The Kier molecular flexibility index (Phi) is 7.90. The molecule has 0 saturated heterocycles. The quantitative estimate of drug-likeness (QED) is 0.461. The van der Waals surface area contributed by atoms with Crippen molar-refractivity contribution in [1.82, 2.24) is 0 Å². The lowest BCUT2D eigenvalue weighted by Crippen LogP contribution is -2.38. The maximum absolute atomic E-state index is 13.6. The molecule has 34 heavy (non-hydrogen) atoms. The van der Waals surface area contributed by atoms with Crippen LogP contribution in [0.25, 0.3) is 0 Å². The van der Waals surface area contributed by atoms with Gasteiger partial charge in [0.15, 0.2) is 0 Å². The molecule has 0 spiro atoms. The molecule has 0 aliphatic rings. The van der Waals surface area contributed by atoms with Gasteiger partial charge in [0.1, 0.15) is 23.8 Å². The van der Waals surface area contributed by atoms with Crippen LogP contribution in [-0.4, -0.2) is 42.2 Å². The Hall–Kier alpha value is -3.43. The average Bonchev–Trinajstić information content (AvgIpc) is 2.83. The second kappa shape index (κ2) is 10.7. The minimum Gasteiger partial charge on any atom is -0.495 e. The van der Waals surface area contributed by atoms with Gasteiger partial charge >= 0.3 is 0 Å². The smallest absolute Gasteiger partial charge is 0.264 e. The summed E-state index contributed by atoms with van der Waals surface area (Å²) >= 11 is 6.13. The summed E-state index contributed by atoms with van der Waals surface area (Å²) in [7, 11) is 0.189. The molecule has 1 N–H and O–H groups in total. The Morgan fingerprint density at radius 1 is 0.912 bits per heavy atom. The van der Waals surface area contributed by atoms with Crippen LogP contribution < -0.4 is 23.8 Å². The zero-order valence-electron chi connectivity index (χ0n) is 19.2. The number of hydrogen-bond donors (Lipinski definition) is 1. The predicted molar refractivity (Wildman–Crippen MR) is 132 cm³/mol. The largest absolute Gasteiger partial charge is 0.495 e. The van der Waals surface area contributed by atoms with Crippen molar-refractivity contribution in [3.63, 3.8) is 0 Å². The van der Waals surface area contributed by atoms with Gasteiger partial charge in [-0.05, 0) is 31.2 Å². The van der Waals surface area contributed by atoms with E-state index in [1.165, 1.54) is 45.6 Å². The van der Waals surface area contributed by atoms with Gasteiger partial charge in [-0.3, -0.25) is 9.10 Å². The first kappa shape index (κ1) is 25.2. The van der Waals surface area contributed by atoms with Gasteiger partial charge in [-0.25, -0.2) is 8.42 Å². The van der Waals surface area contributed by atoms with E-state index in [-0.39, 0.29) is 16.3 Å². The molecule has 0 unspecified atom stereocenters. The number of benzene rings is 3. The molecule has 10 heteroatoms. The van der Waals surface area contributed by atoms with Crippen LogP contribution in [0.1, 0.15) is 5.56 Å². The molecule has 0 aromatic heterocycles. The van der Waals surface area contributed by atoms with Crippen molar-refractivity contribution >= 4 is 38.9 Å². The number of methoxy groups -OCH3 is 3. The topological polar surface area (TPSA) is 94.2 Å². The Bertz CT molecular complexity index is 1280. The molecule has 0 radical (unpaired) electrons. The van der Waals surface area contributed by atoms with Crippen molar-refractivity contribution in [2.45, 2.75) is 11.8 Å². The molecule has 8 nitrogen and oxygen atoms in total. The highest BCUT2D eigenvalue weighted by Gasteiger charge is 2.29. The molecule has 0 atom stereocenters. The number of aryl methyl sites for hydroxylation is 1. The molecule has 0 aliphatic carbocycles. The van der Waals surface area contributed by atoms with Crippen molar-refractivity contribution < 1.29 is 27.4 Å². The third-order valence-corrected chi connectivity index (χ3v) is 7.07. The highest BCUT2D eigenvalue weighted by molar-refractivity contribution is 7.92. The lowest BCUT2D eigenvalue weighted by molar-refractivity contribution is -0.114. The van der Waals surface area contributed by atoms with E-state index in [2.05, 4.69) is 5.32 Å². The molecule has 3 aromatic carbocycles. The normalized spacial score (nSPS) is 11.0. The third-order valence-electron chi connectivity index (χ3n) is 5.00. The van der Waals surface area contributed by atoms with Crippen molar-refractivity contribution in [2.24, 2.45) is 0 Å². The van der Waals surface area contributed by atoms with Crippen molar-refractivity contribution in [2.75, 3.05) is 37.5 Å². The summed E-state index contributed by atoms with van der Waals surface area (Å²) in [6, 6.07) is 16.0. The van der Waals surface area contributed by atoms with Crippen LogP contribution in [-0.2, 0) is 14.8 Å². The van der Waals surface area contributed by atoms with E-state index >= 15 is 0 Å². The number of para-hydroxylation sites is 2. The number of sulfonamides is 1. The fourth-order valence-electron chi connectivity index (χ4n) is 3.25. The molecule has 0 saturated carbocycles. The molecule has 0 aliphatic heterocycles. The summed E-state index contributed by atoms with van der Waals surface area (Å²) in [6.45, 7) is 1.33. The van der Waals surface area contributed by atoms with Gasteiger partial charge < -0.3 is 19.5 Å². The summed E-state index contributed by atoms with van der Waals surface area (Å²) in [4.78, 5) is 13.1. The van der Waals surface area contributed by atoms with Crippen molar-refractivity contribution in [3.05, 3.63) is 71.2 Å². The van der Waals surface area contributed by atoms with Gasteiger partial charge in [0.25, 0.3) is 10.0 Å². The second-order valence-electron chi connectivity index (χ2n) is 7.23. The van der Waals surface area contributed by atoms with Crippen LogP contribution >= 0.6 is 11.6 Å². The Morgan fingerprint density at radius 2 is 1.53 bits per heavy atom. The number of nitrogens with zero attached hydrogens (tertiary/aromatic N) is 1. The van der Waals surface area contributed by atoms with Crippen LogP contribution in [0.2, 0.25) is 5.02 Å². The number of anilines is 2. The average molecular weight is 505 g/mol. The number of nitrogens with one attached hydrogen (secondary N) is 1. The molecule has 0 heterocycles. The van der Waals surface area contributed by atoms with E-state index in [9.17, 15) is 13.2 Å². The number of ether oxygens (including phenoxy) is 3. The minimum absolute atomic E-state index is 0.0440. The van der Waals surface area contributed by atoms with Gasteiger partial charge in [0, 0.05) is 12.1 Å². The predicted octanol–water partition coefficient (Wildman–Crippen LogP) is 4.51. The van der Waals surface area contributed by atoms with Crippen molar-refractivity contribution in [1.29, 1.82) is 0 Å². The monoisotopic (exact) mass is 504 g/mol. The van der Waals surface area contributed by atoms with Gasteiger partial charge in [0.05, 0.1) is 42.6 Å². The number of carbonyl (C=O) groups is 1. The fraction of sp³-hybridized carbons (Fsp3) is 0.208. The summed E-state index contributed by atoms with van der Waals surface area (Å²) < 4.78 is 44.1. The van der Waals surface area contributed by atoms with E-state index in [1.54, 1.807) is 36.4 Å². The van der Waals surface area contributed by atoms with Crippen LogP contribution in [0.5, 0.6) is 17.2 Å². The van der Waals surface area contributed by atoms with E-state index in [0.717, 1.165) is 9.87 Å². The lowest BCUT2D eigenvalue weighted by atomic mass is 10.2. The molecule has 3 rings (SSSR count). The van der Waals surface area contributed by atoms with Crippen molar-refractivity contribution in [3.8, 4) is 17.2 Å². The maximum Gasteiger partial charge on any atom is 0.264 e. The highest BCUT2D eigenvalue weighted by atomic mass is 35.5. The van der Waals surface area contributed by atoms with Gasteiger partial charge in [-0.15, -0.1) is 0 Å². The SMILES string of the molecule is COc1cc(NC(=O)CN(c2ccccc2OC)S(=O)(=O)c2ccc(C)cc2)c(OC)cc1Cl. The molecule has 180 valence electrons. The lowest BCUT2D eigenvalue weighted by Gasteiger charge is -2.26. The van der Waals surface area contributed by atoms with Crippen LogP contribution in [0.4, 0.5) is 11.4 Å². The summed E-state index contributed by atoms with van der Waals surface area (Å²) in [5, 5.41) is 2.99. The zero-order chi connectivity index (χ0) is 24.9. The van der Waals surface area contributed by atoms with E-state index in [1.807, 2.05) is 6.92 Å². The third kappa shape index (κ3) is 5.37. The second-order valence-corrected chi connectivity index (χ2v) is 9.50. The van der Waals surface area contributed by atoms with E-state index in [0.29, 0.717) is 22.3 Å². The Morgan fingerprint density at radius 3 is 2.15 bits per heavy atom. The number of amides is 1. The van der Waals surface area contributed by atoms with Gasteiger partial charge in [-0.2, -0.15) is 0 Å². The molecule has 0 bridgehead atoms. The standard InChI is InChI=1S/C24H25ClN2O6S/c1-16-9-11-17(12-10-16)34(29,30)27(20-7-5-6-8-21(20)31-2)15-24(28)26-19-14-22(32-3)18(25)13-23(19)33-4/h5-14H,15H2,1-4H3,(H,26,28). The number of halogens is 1. The first-order chi connectivity index (χ1) is 16.2. The fourth-order valence-corrected chi connectivity index (χ4v) is 4.91. The first-order valence-electron chi connectivity index (χ1n) is 10.1. The highest BCUT2D eigenvalue weighted by Crippen LogP contribution is 2.36. The zero-order valence-corrected chi connectivity index (χ0v) is 20.7. The first-order valence-corrected chi connectivity index (χ1v) is 12.0. The van der Waals surface area contributed by atoms with Crippen LogP contribution in [0, 0.1) is 6.92 Å². The maximum atomic E-state index is 13.6. The summed E-state index contributed by atoms with van der Waals surface area (Å²) in [5.74, 6) is 0.317. The molecular formula is C24H25ClN2O6S. The molecule has 1 amide bonds. The van der Waals surface area contributed by atoms with Crippen LogP contribution in [0.3, 0.4) is 0 Å². The summed E-state index contributed by atoms with van der Waals surface area (Å²) in [5.41, 5.74) is 1.41. The van der Waals surface area contributed by atoms with Gasteiger partial charge in [-0.1, -0.05) is 41.4 Å². The minimum atomic E-state index is -4.11. The summed E-state index contributed by atoms with van der Waals surface area (Å²) in [6.07, 6.45) is 0. The number of hydrogen-bond acceptors (Lipinski definition) is 6.